The number of nitrogens with zero attached hydrogens (tertiary/aromatic N) is 2. The van der Waals surface area contributed by atoms with Crippen molar-refractivity contribution < 1.29 is 4.74 Å². The minimum Gasteiger partial charge on any atom is -0.497 e. The van der Waals surface area contributed by atoms with E-state index in [1.165, 1.54) is 5.56 Å². The quantitative estimate of drug-likeness (QED) is 0.842. The Morgan fingerprint density at radius 1 is 1.25 bits per heavy atom. The second kappa shape index (κ2) is 7.10. The summed E-state index contributed by atoms with van der Waals surface area (Å²) in [4.78, 5) is 4.39. The van der Waals surface area contributed by atoms with Crippen LogP contribution in [0.25, 0.3) is 0 Å². The largest absolute Gasteiger partial charge is 0.497 e. The van der Waals surface area contributed by atoms with E-state index >= 15 is 0 Å². The van der Waals surface area contributed by atoms with Crippen molar-refractivity contribution in [3.05, 3.63) is 48.0 Å². The van der Waals surface area contributed by atoms with Gasteiger partial charge in [0.2, 0.25) is 0 Å². The predicted octanol–water partition coefficient (Wildman–Crippen LogP) is 3.15. The third kappa shape index (κ3) is 3.39. The summed E-state index contributed by atoms with van der Waals surface area (Å²) in [5.74, 6) is 1.98. The number of hydrogen-bond acceptors (Lipinski definition) is 3. The fourth-order valence-corrected chi connectivity index (χ4v) is 2.34. The van der Waals surface area contributed by atoms with Crippen molar-refractivity contribution in [2.75, 3.05) is 7.11 Å². The average molecular weight is 273 g/mol. The van der Waals surface area contributed by atoms with Crippen molar-refractivity contribution in [2.45, 2.75) is 39.4 Å². The molecule has 0 fully saturated rings. The van der Waals surface area contributed by atoms with Crippen molar-refractivity contribution in [2.24, 2.45) is 0 Å². The minimum absolute atomic E-state index is 0.336. The first-order chi connectivity index (χ1) is 9.78. The number of nitrogens with one attached hydrogen (secondary N) is 1. The lowest BCUT2D eigenvalue weighted by atomic mass is 10.0. The van der Waals surface area contributed by atoms with Gasteiger partial charge in [0.25, 0.3) is 0 Å². The van der Waals surface area contributed by atoms with E-state index in [0.717, 1.165) is 31.1 Å². The van der Waals surface area contributed by atoms with E-state index in [-0.39, 0.29) is 0 Å². The molecule has 108 valence electrons. The van der Waals surface area contributed by atoms with Crippen LogP contribution < -0.4 is 10.1 Å². The molecule has 0 saturated carbocycles. The van der Waals surface area contributed by atoms with Crippen molar-refractivity contribution in [1.29, 1.82) is 0 Å². The highest BCUT2D eigenvalue weighted by atomic mass is 16.5. The van der Waals surface area contributed by atoms with Gasteiger partial charge in [-0.1, -0.05) is 19.1 Å². The molecular formula is C16H23N3O. The number of hydrogen-bond donors (Lipinski definition) is 1. The molecule has 0 bridgehead atoms. The Balaban J connectivity index is 2.01. The molecule has 0 aliphatic heterocycles. The number of aryl methyl sites for hydroxylation is 1. The van der Waals surface area contributed by atoms with Crippen molar-refractivity contribution in [3.63, 3.8) is 0 Å². The van der Waals surface area contributed by atoms with E-state index < -0.39 is 0 Å². The topological polar surface area (TPSA) is 39.1 Å². The number of methoxy groups -OCH3 is 1. The van der Waals surface area contributed by atoms with Gasteiger partial charge < -0.3 is 14.6 Å². The molecule has 4 heteroatoms. The maximum absolute atomic E-state index is 5.20. The molecule has 2 aromatic rings. The Kier molecular flexibility index (Phi) is 5.18. The van der Waals surface area contributed by atoms with Crippen molar-refractivity contribution >= 4 is 0 Å². The molecule has 1 atom stereocenters. The van der Waals surface area contributed by atoms with Crippen LogP contribution in [-0.4, -0.2) is 16.7 Å². The van der Waals surface area contributed by atoms with Crippen LogP contribution >= 0.6 is 0 Å². The molecule has 4 nitrogen and oxygen atoms in total. The highest BCUT2D eigenvalue weighted by Crippen LogP contribution is 2.20. The molecule has 0 radical (unpaired) electrons. The van der Waals surface area contributed by atoms with Crippen LogP contribution in [0.1, 0.15) is 37.7 Å². The van der Waals surface area contributed by atoms with Crippen LogP contribution in [0.4, 0.5) is 0 Å². The Labute approximate surface area is 120 Å². The summed E-state index contributed by atoms with van der Waals surface area (Å²) < 4.78 is 7.36. The van der Waals surface area contributed by atoms with Crippen LogP contribution in [0, 0.1) is 0 Å². The molecular weight excluding hydrogens is 250 g/mol. The molecule has 1 unspecified atom stereocenters. The standard InChI is InChI=1S/C16H23N3O/c1-4-15(13-6-8-14(20-3)9-7-13)18-12-16-17-10-11-19(16)5-2/h6-11,15,18H,4-5,12H2,1-3H3. The molecule has 1 aromatic carbocycles. The number of aromatic nitrogens is 2. The summed E-state index contributed by atoms with van der Waals surface area (Å²) in [6, 6.07) is 8.58. The molecule has 0 aliphatic rings. The van der Waals surface area contributed by atoms with E-state index in [9.17, 15) is 0 Å². The van der Waals surface area contributed by atoms with Crippen LogP contribution in [0.2, 0.25) is 0 Å². The van der Waals surface area contributed by atoms with Gasteiger partial charge in [-0.25, -0.2) is 4.98 Å². The van der Waals surface area contributed by atoms with Gasteiger partial charge in [0, 0.05) is 25.0 Å². The first-order valence-corrected chi connectivity index (χ1v) is 7.15. The van der Waals surface area contributed by atoms with Gasteiger partial charge in [-0.3, -0.25) is 0 Å². The Hall–Kier alpha value is -1.81. The summed E-state index contributed by atoms with van der Waals surface area (Å²) in [7, 11) is 1.69. The maximum Gasteiger partial charge on any atom is 0.122 e. The third-order valence-electron chi connectivity index (χ3n) is 3.58. The summed E-state index contributed by atoms with van der Waals surface area (Å²) in [6.07, 6.45) is 4.92. The van der Waals surface area contributed by atoms with Crippen molar-refractivity contribution in [3.8, 4) is 5.75 Å². The zero-order valence-corrected chi connectivity index (χ0v) is 12.5. The summed E-state index contributed by atoms with van der Waals surface area (Å²) in [5.41, 5.74) is 1.28. The molecule has 0 saturated heterocycles. The van der Waals surface area contributed by atoms with Crippen LogP contribution in [0.3, 0.4) is 0 Å². The average Bonchev–Trinajstić information content (AvgIpc) is 2.96. The monoisotopic (exact) mass is 273 g/mol. The van der Waals surface area contributed by atoms with Gasteiger partial charge >= 0.3 is 0 Å². The summed E-state index contributed by atoms with van der Waals surface area (Å²) >= 11 is 0. The van der Waals surface area contributed by atoms with Gasteiger partial charge in [-0.05, 0) is 31.0 Å². The lowest BCUT2D eigenvalue weighted by molar-refractivity contribution is 0.414. The molecule has 20 heavy (non-hydrogen) atoms. The third-order valence-corrected chi connectivity index (χ3v) is 3.58. The Morgan fingerprint density at radius 3 is 2.60 bits per heavy atom. The lowest BCUT2D eigenvalue weighted by Crippen LogP contribution is -2.22. The van der Waals surface area contributed by atoms with Gasteiger partial charge in [0.1, 0.15) is 11.6 Å². The van der Waals surface area contributed by atoms with E-state index in [1.807, 2.05) is 24.5 Å². The summed E-state index contributed by atoms with van der Waals surface area (Å²) in [5, 5.41) is 3.58. The Bertz CT molecular complexity index is 519. The van der Waals surface area contributed by atoms with Gasteiger partial charge in [0.05, 0.1) is 13.7 Å². The second-order valence-electron chi connectivity index (χ2n) is 4.74. The zero-order chi connectivity index (χ0) is 14.4. The molecule has 0 spiro atoms. The van der Waals surface area contributed by atoms with Gasteiger partial charge in [-0.15, -0.1) is 0 Å². The number of ether oxygens (including phenoxy) is 1. The maximum atomic E-state index is 5.20. The van der Waals surface area contributed by atoms with Crippen LogP contribution in [0.15, 0.2) is 36.7 Å². The minimum atomic E-state index is 0.336. The molecule has 1 heterocycles. The van der Waals surface area contributed by atoms with E-state index in [1.54, 1.807) is 7.11 Å². The zero-order valence-electron chi connectivity index (χ0n) is 12.5. The van der Waals surface area contributed by atoms with Crippen LogP contribution in [0.5, 0.6) is 5.75 Å². The molecule has 0 aliphatic carbocycles. The van der Waals surface area contributed by atoms with Gasteiger partial charge in [0.15, 0.2) is 0 Å². The van der Waals surface area contributed by atoms with Gasteiger partial charge in [-0.2, -0.15) is 0 Å². The summed E-state index contributed by atoms with van der Waals surface area (Å²) in [6.45, 7) is 6.06. The highest BCUT2D eigenvalue weighted by molar-refractivity contribution is 5.29. The predicted molar refractivity (Wildman–Crippen MR) is 80.8 cm³/mol. The lowest BCUT2D eigenvalue weighted by Gasteiger charge is -2.18. The molecule has 1 aromatic heterocycles. The number of rotatable bonds is 7. The fourth-order valence-electron chi connectivity index (χ4n) is 2.34. The first kappa shape index (κ1) is 14.6. The smallest absolute Gasteiger partial charge is 0.122 e. The SMILES string of the molecule is CCC(NCc1nccn1CC)c1ccc(OC)cc1. The number of imidazole rings is 1. The van der Waals surface area contributed by atoms with Crippen LogP contribution in [-0.2, 0) is 13.1 Å². The van der Waals surface area contributed by atoms with Crippen molar-refractivity contribution in [1.82, 2.24) is 14.9 Å². The first-order valence-electron chi connectivity index (χ1n) is 7.15. The number of benzene rings is 1. The second-order valence-corrected chi connectivity index (χ2v) is 4.74. The molecule has 2 rings (SSSR count). The van der Waals surface area contributed by atoms with E-state index in [0.29, 0.717) is 6.04 Å². The normalized spacial score (nSPS) is 12.3. The molecule has 0 amide bonds. The highest BCUT2D eigenvalue weighted by Gasteiger charge is 2.10. The van der Waals surface area contributed by atoms with E-state index in [4.69, 9.17) is 4.74 Å². The fraction of sp³-hybridized carbons (Fsp3) is 0.438. The Morgan fingerprint density at radius 2 is 2.00 bits per heavy atom. The van der Waals surface area contributed by atoms with E-state index in [2.05, 4.69) is 40.8 Å². The molecule has 1 N–H and O–H groups in total.